The minimum atomic E-state index is 0.276. The van der Waals surface area contributed by atoms with Gasteiger partial charge in [-0.2, -0.15) is 11.8 Å². The smallest absolute Gasteiger partial charge is 0.118 e. The monoisotopic (exact) mass is 270 g/mol. The Morgan fingerprint density at radius 3 is 2.56 bits per heavy atom. The normalized spacial score (nSPS) is 12.3. The van der Waals surface area contributed by atoms with Gasteiger partial charge in [0.05, 0.1) is 12.3 Å². The van der Waals surface area contributed by atoms with E-state index in [2.05, 4.69) is 56.5 Å². The Morgan fingerprint density at radius 1 is 1.28 bits per heavy atom. The Morgan fingerprint density at radius 2 is 1.94 bits per heavy atom. The molecule has 1 heterocycles. The molecule has 0 fully saturated rings. The fourth-order valence-corrected chi connectivity index (χ4v) is 2.61. The lowest BCUT2D eigenvalue weighted by molar-refractivity contribution is 0.230. The third-order valence-corrected chi connectivity index (χ3v) is 3.22. The second-order valence-corrected chi connectivity index (χ2v) is 6.67. The number of rotatable bonds is 8. The van der Waals surface area contributed by atoms with Crippen LogP contribution in [0.5, 0.6) is 0 Å². The quantitative estimate of drug-likeness (QED) is 0.786. The maximum Gasteiger partial charge on any atom is 0.118 e. The molecule has 1 aromatic heterocycles. The van der Waals surface area contributed by atoms with E-state index in [1.165, 1.54) is 0 Å². The fraction of sp³-hybridized carbons (Fsp3) is 0.714. The van der Waals surface area contributed by atoms with Crippen LogP contribution in [0.15, 0.2) is 16.5 Å². The first-order chi connectivity index (χ1) is 8.43. The number of furan rings is 1. The van der Waals surface area contributed by atoms with E-state index < -0.39 is 0 Å². The molecule has 0 saturated heterocycles. The molecule has 0 aliphatic rings. The van der Waals surface area contributed by atoms with Crippen molar-refractivity contribution in [3.05, 3.63) is 23.7 Å². The van der Waals surface area contributed by atoms with Crippen LogP contribution in [0.4, 0.5) is 0 Å². The highest BCUT2D eigenvalue weighted by molar-refractivity contribution is 7.97. The Bertz CT molecular complexity index is 347. The molecule has 0 saturated carbocycles. The van der Waals surface area contributed by atoms with Crippen molar-refractivity contribution in [3.8, 4) is 0 Å². The summed E-state index contributed by atoms with van der Waals surface area (Å²) in [6.07, 6.45) is 2.09. The number of hydrogen-bond acceptors (Lipinski definition) is 4. The fourth-order valence-electron chi connectivity index (χ4n) is 2.17. The van der Waals surface area contributed by atoms with Gasteiger partial charge in [0.1, 0.15) is 11.5 Å². The van der Waals surface area contributed by atoms with Crippen molar-refractivity contribution in [3.63, 3.8) is 0 Å². The molecule has 1 rings (SSSR count). The lowest BCUT2D eigenvalue weighted by Gasteiger charge is -2.28. The van der Waals surface area contributed by atoms with Gasteiger partial charge in [0.25, 0.3) is 0 Å². The summed E-state index contributed by atoms with van der Waals surface area (Å²) in [5.74, 6) is 3.04. The lowest BCUT2D eigenvalue weighted by Crippen LogP contribution is -2.37. The topological polar surface area (TPSA) is 28.4 Å². The van der Waals surface area contributed by atoms with Crippen LogP contribution in [0.1, 0.15) is 25.4 Å². The largest absolute Gasteiger partial charge is 0.464 e. The summed E-state index contributed by atoms with van der Waals surface area (Å²) in [6, 6.07) is 4.13. The van der Waals surface area contributed by atoms with E-state index >= 15 is 0 Å². The highest BCUT2D eigenvalue weighted by Gasteiger charge is 2.18. The molecule has 0 radical (unpaired) electrons. The predicted octanol–water partition coefficient (Wildman–Crippen LogP) is 2.82. The van der Waals surface area contributed by atoms with Crippen molar-refractivity contribution in [2.45, 2.75) is 26.1 Å². The van der Waals surface area contributed by atoms with E-state index in [1.54, 1.807) is 11.8 Å². The molecule has 0 atom stereocenters. The van der Waals surface area contributed by atoms with Crippen LogP contribution < -0.4 is 5.32 Å². The number of nitrogens with zero attached hydrogens (tertiary/aromatic N) is 1. The maximum atomic E-state index is 5.73. The lowest BCUT2D eigenvalue weighted by atomic mass is 9.93. The van der Waals surface area contributed by atoms with Gasteiger partial charge in [0, 0.05) is 13.1 Å². The second kappa shape index (κ2) is 7.22. The van der Waals surface area contributed by atoms with E-state index in [0.29, 0.717) is 0 Å². The van der Waals surface area contributed by atoms with Gasteiger partial charge in [-0.3, -0.25) is 0 Å². The number of nitrogens with one attached hydrogen (secondary N) is 1. The zero-order chi connectivity index (χ0) is 13.6. The average Bonchev–Trinajstić information content (AvgIpc) is 2.64. The van der Waals surface area contributed by atoms with E-state index in [0.717, 1.165) is 36.9 Å². The van der Waals surface area contributed by atoms with Gasteiger partial charge in [0.2, 0.25) is 0 Å². The van der Waals surface area contributed by atoms with Crippen molar-refractivity contribution in [1.82, 2.24) is 10.2 Å². The summed E-state index contributed by atoms with van der Waals surface area (Å²) in [6.45, 7) is 7.44. The van der Waals surface area contributed by atoms with Crippen LogP contribution in [0.2, 0.25) is 0 Å². The van der Waals surface area contributed by atoms with Crippen LogP contribution in [-0.2, 0) is 12.3 Å². The SMILES string of the molecule is CSCc1ccc(CNCC(C)(C)CN(C)C)o1. The first kappa shape index (κ1) is 15.6. The van der Waals surface area contributed by atoms with Crippen LogP contribution in [0.25, 0.3) is 0 Å². The van der Waals surface area contributed by atoms with Crippen LogP contribution in [0, 0.1) is 5.41 Å². The summed E-state index contributed by atoms with van der Waals surface area (Å²) in [7, 11) is 4.23. The standard InChI is InChI=1S/C14H26N2OS/c1-14(2,11-16(3)4)10-15-8-12-6-7-13(17-12)9-18-5/h6-7,15H,8-11H2,1-5H3. The van der Waals surface area contributed by atoms with Gasteiger partial charge in [-0.15, -0.1) is 0 Å². The average molecular weight is 270 g/mol. The maximum absolute atomic E-state index is 5.73. The second-order valence-electron chi connectivity index (χ2n) is 5.81. The van der Waals surface area contributed by atoms with E-state index in [1.807, 2.05) is 0 Å². The zero-order valence-corrected chi connectivity index (χ0v) is 13.1. The molecule has 0 aromatic carbocycles. The zero-order valence-electron chi connectivity index (χ0n) is 12.2. The number of thioether (sulfide) groups is 1. The Balaban J connectivity index is 2.32. The number of hydrogen-bond donors (Lipinski definition) is 1. The molecule has 0 aliphatic carbocycles. The molecule has 0 amide bonds. The highest BCUT2D eigenvalue weighted by Crippen LogP contribution is 2.16. The molecule has 3 nitrogen and oxygen atoms in total. The summed E-state index contributed by atoms with van der Waals surface area (Å²) < 4.78 is 5.73. The highest BCUT2D eigenvalue weighted by atomic mass is 32.2. The van der Waals surface area contributed by atoms with Crippen molar-refractivity contribution in [1.29, 1.82) is 0 Å². The van der Waals surface area contributed by atoms with Gasteiger partial charge in [0.15, 0.2) is 0 Å². The van der Waals surface area contributed by atoms with Crippen molar-refractivity contribution >= 4 is 11.8 Å². The summed E-state index contributed by atoms with van der Waals surface area (Å²) >= 11 is 1.78. The van der Waals surface area contributed by atoms with Gasteiger partial charge < -0.3 is 14.6 Å². The first-order valence-corrected chi connectivity index (χ1v) is 7.74. The van der Waals surface area contributed by atoms with E-state index in [-0.39, 0.29) is 5.41 Å². The molecule has 1 N–H and O–H groups in total. The Kier molecular flexibility index (Phi) is 6.26. The van der Waals surface area contributed by atoms with Crippen LogP contribution >= 0.6 is 11.8 Å². The van der Waals surface area contributed by atoms with Crippen molar-refractivity contribution in [2.75, 3.05) is 33.4 Å². The first-order valence-electron chi connectivity index (χ1n) is 6.35. The molecule has 18 heavy (non-hydrogen) atoms. The third-order valence-electron chi connectivity index (χ3n) is 2.65. The van der Waals surface area contributed by atoms with Gasteiger partial charge in [-0.1, -0.05) is 13.8 Å². The van der Waals surface area contributed by atoms with Crippen LogP contribution in [-0.4, -0.2) is 38.3 Å². The van der Waals surface area contributed by atoms with Gasteiger partial charge >= 0.3 is 0 Å². The van der Waals surface area contributed by atoms with Crippen LogP contribution in [0.3, 0.4) is 0 Å². The van der Waals surface area contributed by atoms with Gasteiger partial charge in [-0.25, -0.2) is 0 Å². The van der Waals surface area contributed by atoms with E-state index in [9.17, 15) is 0 Å². The molecule has 0 unspecified atom stereocenters. The van der Waals surface area contributed by atoms with Crippen molar-refractivity contribution in [2.24, 2.45) is 5.41 Å². The minimum Gasteiger partial charge on any atom is -0.464 e. The molecule has 1 aromatic rings. The molecule has 0 aliphatic heterocycles. The van der Waals surface area contributed by atoms with Crippen molar-refractivity contribution < 1.29 is 4.42 Å². The summed E-state index contributed by atoms with van der Waals surface area (Å²) in [5, 5.41) is 3.48. The molecular weight excluding hydrogens is 244 g/mol. The van der Waals surface area contributed by atoms with E-state index in [4.69, 9.17) is 4.42 Å². The molecular formula is C14H26N2OS. The third kappa shape index (κ3) is 5.94. The summed E-state index contributed by atoms with van der Waals surface area (Å²) in [5.41, 5.74) is 0.276. The Labute approximate surface area is 115 Å². The predicted molar refractivity (Wildman–Crippen MR) is 80.0 cm³/mol. The molecule has 104 valence electrons. The van der Waals surface area contributed by atoms with Gasteiger partial charge in [-0.05, 0) is 37.9 Å². The Hall–Kier alpha value is -0.450. The summed E-state index contributed by atoms with van der Waals surface area (Å²) in [4.78, 5) is 2.23. The minimum absolute atomic E-state index is 0.276. The molecule has 0 spiro atoms. The molecule has 4 heteroatoms. The molecule has 0 bridgehead atoms.